The molecule has 0 radical (unpaired) electrons. The van der Waals surface area contributed by atoms with Crippen molar-refractivity contribution in [1.29, 1.82) is 0 Å². The van der Waals surface area contributed by atoms with Crippen LogP contribution in [0.2, 0.25) is 0 Å². The Labute approximate surface area is 173 Å². The lowest BCUT2D eigenvalue weighted by Gasteiger charge is -2.35. The van der Waals surface area contributed by atoms with Gasteiger partial charge in [-0.15, -0.1) is 23.5 Å². The largest absolute Gasteiger partial charge is 0.467 e. The normalized spacial score (nSPS) is 23.5. The molecule has 5 nitrogen and oxygen atoms in total. The van der Waals surface area contributed by atoms with Crippen LogP contribution in [0, 0.1) is 0 Å². The Kier molecular flexibility index (Phi) is 4.72. The monoisotopic (exact) mass is 410 g/mol. The van der Waals surface area contributed by atoms with Crippen molar-refractivity contribution in [1.82, 2.24) is 0 Å². The molecule has 1 atom stereocenters. The van der Waals surface area contributed by atoms with E-state index in [1.54, 1.807) is 6.26 Å². The summed E-state index contributed by atoms with van der Waals surface area (Å²) in [5, 5.41) is 9.49. The van der Waals surface area contributed by atoms with Crippen molar-refractivity contribution in [2.24, 2.45) is 9.98 Å². The second-order valence-corrected chi connectivity index (χ2v) is 9.32. The van der Waals surface area contributed by atoms with Crippen LogP contribution in [-0.2, 0) is 6.54 Å². The van der Waals surface area contributed by atoms with Gasteiger partial charge in [0, 0.05) is 47.1 Å². The minimum absolute atomic E-state index is 0.279. The maximum Gasteiger partial charge on any atom is 0.122 e. The summed E-state index contributed by atoms with van der Waals surface area (Å²) in [5.74, 6) is 3.04. The van der Waals surface area contributed by atoms with Crippen LogP contribution in [0.1, 0.15) is 18.2 Å². The van der Waals surface area contributed by atoms with Gasteiger partial charge in [-0.3, -0.25) is 9.98 Å². The van der Waals surface area contributed by atoms with Crippen molar-refractivity contribution in [3.63, 3.8) is 0 Å². The third-order valence-electron chi connectivity index (χ3n) is 5.03. The molecule has 2 aromatic rings. The van der Waals surface area contributed by atoms with Crippen molar-refractivity contribution in [3.8, 4) is 0 Å². The highest BCUT2D eigenvalue weighted by molar-refractivity contribution is 8.15. The van der Waals surface area contributed by atoms with Gasteiger partial charge in [0.1, 0.15) is 11.3 Å². The van der Waals surface area contributed by atoms with Crippen molar-refractivity contribution in [3.05, 3.63) is 54.0 Å². The molecule has 7 heteroatoms. The second-order valence-electron chi connectivity index (χ2n) is 7.15. The Morgan fingerprint density at radius 2 is 2.07 bits per heavy atom. The van der Waals surface area contributed by atoms with Crippen molar-refractivity contribution in [2.75, 3.05) is 35.2 Å². The predicted octanol–water partition coefficient (Wildman–Crippen LogP) is 4.75. The summed E-state index contributed by atoms with van der Waals surface area (Å²) < 4.78 is 5.43. The SMILES string of the molecule is CC1(C2=NCCS2)C=C(C2=NCCS2)c2cc(NCc3ccco3)ccc2N1. The van der Waals surface area contributed by atoms with Crippen LogP contribution in [-0.4, -0.2) is 40.2 Å². The molecular weight excluding hydrogens is 388 g/mol. The molecular formula is C21H22N4OS2. The maximum atomic E-state index is 5.43. The number of fused-ring (bicyclic) bond motifs is 1. The number of rotatable bonds is 5. The summed E-state index contributed by atoms with van der Waals surface area (Å²) in [6.07, 6.45) is 4.02. The van der Waals surface area contributed by atoms with Gasteiger partial charge in [-0.05, 0) is 43.3 Å². The smallest absolute Gasteiger partial charge is 0.122 e. The lowest BCUT2D eigenvalue weighted by Crippen LogP contribution is -2.42. The molecule has 3 aliphatic rings. The van der Waals surface area contributed by atoms with Gasteiger partial charge in [-0.1, -0.05) is 0 Å². The highest BCUT2D eigenvalue weighted by atomic mass is 32.2. The fourth-order valence-electron chi connectivity index (χ4n) is 3.71. The summed E-state index contributed by atoms with van der Waals surface area (Å²) in [7, 11) is 0. The number of thioether (sulfide) groups is 2. The average Bonchev–Trinajstić information content (AvgIpc) is 3.49. The van der Waals surface area contributed by atoms with Crippen molar-refractivity contribution < 1.29 is 4.42 Å². The maximum absolute atomic E-state index is 5.43. The van der Waals surface area contributed by atoms with Crippen LogP contribution in [0.15, 0.2) is 57.1 Å². The Morgan fingerprint density at radius 1 is 1.18 bits per heavy atom. The topological polar surface area (TPSA) is 61.9 Å². The molecule has 1 unspecified atom stereocenters. The summed E-state index contributed by atoms with van der Waals surface area (Å²) in [4.78, 5) is 9.51. The van der Waals surface area contributed by atoms with E-state index in [2.05, 4.69) is 41.8 Å². The number of benzene rings is 1. The highest BCUT2D eigenvalue weighted by Crippen LogP contribution is 2.41. The van der Waals surface area contributed by atoms with Crippen molar-refractivity contribution in [2.45, 2.75) is 19.0 Å². The fourth-order valence-corrected chi connectivity index (χ4v) is 5.56. The quantitative estimate of drug-likeness (QED) is 0.745. The zero-order valence-corrected chi connectivity index (χ0v) is 17.3. The van der Waals surface area contributed by atoms with E-state index in [0.717, 1.165) is 46.8 Å². The Balaban J connectivity index is 1.50. The van der Waals surface area contributed by atoms with Gasteiger partial charge in [0.25, 0.3) is 0 Å². The summed E-state index contributed by atoms with van der Waals surface area (Å²) in [6.45, 7) is 4.68. The number of nitrogens with zero attached hydrogens (tertiary/aromatic N) is 2. The number of anilines is 2. The van der Waals surface area contributed by atoms with Crippen LogP contribution in [0.4, 0.5) is 11.4 Å². The number of aliphatic imine (C=N–C) groups is 2. The lowest BCUT2D eigenvalue weighted by molar-refractivity contribution is 0.518. The molecule has 4 heterocycles. The standard InChI is InChI=1S/C21H22N4OS2/c1-21(20-23-7-10-28-20)12-17(19-22-6-9-27-19)16-11-14(4-5-18(16)25-21)24-13-15-3-2-8-26-15/h2-5,8,11-12,24-25H,6-7,9-10,13H2,1H3. The first-order valence-corrected chi connectivity index (χ1v) is 11.5. The number of nitrogens with one attached hydrogen (secondary N) is 2. The molecule has 1 aromatic heterocycles. The van der Waals surface area contributed by atoms with Gasteiger partial charge < -0.3 is 15.1 Å². The van der Waals surface area contributed by atoms with E-state index in [1.165, 1.54) is 16.2 Å². The third kappa shape index (κ3) is 3.37. The molecule has 0 aliphatic carbocycles. The number of furan rings is 1. The molecule has 0 fully saturated rings. The van der Waals surface area contributed by atoms with Gasteiger partial charge in [0.05, 0.1) is 22.9 Å². The van der Waals surface area contributed by atoms with Crippen LogP contribution < -0.4 is 10.6 Å². The molecule has 0 saturated heterocycles. The van der Waals surface area contributed by atoms with Gasteiger partial charge >= 0.3 is 0 Å². The Hall–Kier alpha value is -2.12. The summed E-state index contributed by atoms with van der Waals surface area (Å²) in [5.41, 5.74) is 4.34. The number of hydrogen-bond donors (Lipinski definition) is 2. The highest BCUT2D eigenvalue weighted by Gasteiger charge is 2.36. The molecule has 0 bridgehead atoms. The Morgan fingerprint density at radius 3 is 2.82 bits per heavy atom. The summed E-state index contributed by atoms with van der Waals surface area (Å²) >= 11 is 3.70. The average molecular weight is 411 g/mol. The van der Waals surface area contributed by atoms with Crippen LogP contribution in [0.3, 0.4) is 0 Å². The van der Waals surface area contributed by atoms with E-state index in [4.69, 9.17) is 14.4 Å². The molecule has 3 aliphatic heterocycles. The zero-order chi connectivity index (χ0) is 19.0. The Bertz CT molecular complexity index is 980. The molecule has 5 rings (SSSR count). The fraction of sp³-hybridized carbons (Fsp3) is 0.333. The van der Waals surface area contributed by atoms with E-state index >= 15 is 0 Å². The first kappa shape index (κ1) is 17.9. The molecule has 0 saturated carbocycles. The minimum atomic E-state index is -0.279. The molecule has 0 amide bonds. The first-order valence-electron chi connectivity index (χ1n) is 9.48. The van der Waals surface area contributed by atoms with Gasteiger partial charge in [0.15, 0.2) is 0 Å². The zero-order valence-electron chi connectivity index (χ0n) is 15.7. The predicted molar refractivity (Wildman–Crippen MR) is 122 cm³/mol. The van der Waals surface area contributed by atoms with E-state index in [-0.39, 0.29) is 5.54 Å². The van der Waals surface area contributed by atoms with Gasteiger partial charge in [0.2, 0.25) is 0 Å². The molecule has 1 aromatic carbocycles. The van der Waals surface area contributed by atoms with E-state index in [0.29, 0.717) is 6.54 Å². The first-order chi connectivity index (χ1) is 13.7. The van der Waals surface area contributed by atoms with Crippen LogP contribution in [0.25, 0.3) is 5.57 Å². The van der Waals surface area contributed by atoms with E-state index in [9.17, 15) is 0 Å². The van der Waals surface area contributed by atoms with Crippen molar-refractivity contribution >= 4 is 50.6 Å². The van der Waals surface area contributed by atoms with Gasteiger partial charge in [-0.25, -0.2) is 0 Å². The summed E-state index contributed by atoms with van der Waals surface area (Å²) in [6, 6.07) is 10.4. The lowest BCUT2D eigenvalue weighted by atomic mass is 9.89. The van der Waals surface area contributed by atoms with Gasteiger partial charge in [-0.2, -0.15) is 0 Å². The van der Waals surface area contributed by atoms with Crippen LogP contribution >= 0.6 is 23.5 Å². The van der Waals surface area contributed by atoms with E-state index < -0.39 is 0 Å². The molecule has 0 spiro atoms. The third-order valence-corrected chi connectivity index (χ3v) is 7.25. The molecule has 144 valence electrons. The molecule has 28 heavy (non-hydrogen) atoms. The number of hydrogen-bond acceptors (Lipinski definition) is 7. The minimum Gasteiger partial charge on any atom is -0.467 e. The second kappa shape index (κ2) is 7.37. The van der Waals surface area contributed by atoms with E-state index in [1.807, 2.05) is 35.7 Å². The molecule has 2 N–H and O–H groups in total. The van der Waals surface area contributed by atoms with Crippen LogP contribution in [0.5, 0.6) is 0 Å².